The van der Waals surface area contributed by atoms with E-state index in [0.717, 1.165) is 57.8 Å². The zero-order chi connectivity index (χ0) is 32.6. The average Bonchev–Trinajstić information content (AvgIpc) is 2.98. The molecule has 0 aromatic carbocycles. The molecule has 0 saturated carbocycles. The van der Waals surface area contributed by atoms with E-state index in [1.54, 1.807) is 0 Å². The molecule has 0 spiro atoms. The summed E-state index contributed by atoms with van der Waals surface area (Å²) < 4.78 is 26.2. The quantitative estimate of drug-likeness (QED) is 0.0321. The van der Waals surface area contributed by atoms with E-state index < -0.39 is 32.5 Å². The van der Waals surface area contributed by atoms with Gasteiger partial charge in [-0.3, -0.25) is 14.1 Å². The number of carbonyl (C=O) groups is 2. The van der Waals surface area contributed by atoms with E-state index in [9.17, 15) is 14.2 Å². The predicted molar refractivity (Wildman–Crippen MR) is 179 cm³/mol. The summed E-state index contributed by atoms with van der Waals surface area (Å²) >= 11 is 0. The van der Waals surface area contributed by atoms with Crippen LogP contribution in [0, 0.1) is 0 Å². The third-order valence-electron chi connectivity index (χ3n) is 7.47. The van der Waals surface area contributed by atoms with Gasteiger partial charge in [0, 0.05) is 12.8 Å². The molecular weight excluding hydrogens is 579 g/mol. The van der Waals surface area contributed by atoms with Crippen LogP contribution in [0.5, 0.6) is 0 Å². The first-order chi connectivity index (χ1) is 21.3. The van der Waals surface area contributed by atoms with Crippen molar-refractivity contribution >= 4 is 19.8 Å². The van der Waals surface area contributed by atoms with Gasteiger partial charge < -0.3 is 19.3 Å². The second-order valence-corrected chi connectivity index (χ2v) is 13.1. The average molecular weight is 645 g/mol. The monoisotopic (exact) mass is 644 g/mol. The van der Waals surface area contributed by atoms with Crippen molar-refractivity contribution in [2.24, 2.45) is 0 Å². The number of phosphoric ester groups is 1. The fourth-order valence-electron chi connectivity index (χ4n) is 4.81. The van der Waals surface area contributed by atoms with Gasteiger partial charge >= 0.3 is 19.8 Å². The third kappa shape index (κ3) is 33.4. The van der Waals surface area contributed by atoms with Crippen molar-refractivity contribution in [1.82, 2.24) is 0 Å². The van der Waals surface area contributed by atoms with Gasteiger partial charge in [0.2, 0.25) is 0 Å². The van der Waals surface area contributed by atoms with E-state index in [1.807, 2.05) is 0 Å². The Morgan fingerprint density at radius 1 is 0.591 bits per heavy atom. The van der Waals surface area contributed by atoms with Crippen LogP contribution in [0.3, 0.4) is 0 Å². The summed E-state index contributed by atoms with van der Waals surface area (Å²) in [6.07, 6.45) is 33.3. The number of esters is 2. The molecule has 8 nitrogen and oxygen atoms in total. The summed E-state index contributed by atoms with van der Waals surface area (Å²) in [5, 5.41) is 0. The van der Waals surface area contributed by atoms with Crippen LogP contribution in [0.2, 0.25) is 0 Å². The first kappa shape index (κ1) is 42.5. The van der Waals surface area contributed by atoms with Gasteiger partial charge in [0.15, 0.2) is 6.10 Å². The first-order valence-corrected chi connectivity index (χ1v) is 19.2. The van der Waals surface area contributed by atoms with E-state index >= 15 is 0 Å². The molecule has 0 radical (unpaired) electrons. The summed E-state index contributed by atoms with van der Waals surface area (Å²) in [7, 11) is -4.74. The Kier molecular flexibility index (Phi) is 30.5. The molecule has 0 amide bonds. The van der Waals surface area contributed by atoms with Gasteiger partial charge in [0.05, 0.1) is 6.61 Å². The molecule has 9 heteroatoms. The van der Waals surface area contributed by atoms with Gasteiger partial charge in [-0.05, 0) is 44.9 Å². The Morgan fingerprint density at radius 3 is 1.55 bits per heavy atom. The SMILES string of the molecule is CCCCC/C=C/C/C=C/CCCCCCCCCC(=O)OC[C@H](COP(=O)(O)O)OC(=O)CCCCCCCCCCC. The summed E-state index contributed by atoms with van der Waals surface area (Å²) in [5.41, 5.74) is 0. The number of rotatable bonds is 32. The minimum Gasteiger partial charge on any atom is -0.462 e. The van der Waals surface area contributed by atoms with Crippen molar-refractivity contribution in [2.45, 2.75) is 174 Å². The lowest BCUT2D eigenvalue weighted by atomic mass is 10.1. The Balaban J connectivity index is 3.95. The third-order valence-corrected chi connectivity index (χ3v) is 7.96. The van der Waals surface area contributed by atoms with Gasteiger partial charge in [-0.15, -0.1) is 0 Å². The molecule has 44 heavy (non-hydrogen) atoms. The molecule has 0 fully saturated rings. The number of allylic oxidation sites excluding steroid dienone is 4. The van der Waals surface area contributed by atoms with E-state index in [4.69, 9.17) is 19.3 Å². The van der Waals surface area contributed by atoms with Crippen LogP contribution in [0.25, 0.3) is 0 Å². The number of hydrogen-bond donors (Lipinski definition) is 2. The molecule has 0 aromatic rings. The summed E-state index contributed by atoms with van der Waals surface area (Å²) in [6, 6.07) is 0. The molecule has 0 heterocycles. The van der Waals surface area contributed by atoms with Crippen LogP contribution in [-0.4, -0.2) is 41.0 Å². The first-order valence-electron chi connectivity index (χ1n) is 17.6. The Hall–Kier alpha value is -1.47. The minimum absolute atomic E-state index is 0.212. The van der Waals surface area contributed by atoms with Crippen LogP contribution >= 0.6 is 7.82 Å². The summed E-state index contributed by atoms with van der Waals surface area (Å²) in [5.74, 6) is -0.895. The molecule has 0 rings (SSSR count). The molecular formula is C35H65O8P. The number of carbonyl (C=O) groups excluding carboxylic acids is 2. The Morgan fingerprint density at radius 2 is 1.02 bits per heavy atom. The number of unbranched alkanes of at least 4 members (excludes halogenated alkanes) is 18. The van der Waals surface area contributed by atoms with E-state index in [0.29, 0.717) is 6.42 Å². The highest BCUT2D eigenvalue weighted by molar-refractivity contribution is 7.46. The van der Waals surface area contributed by atoms with Gasteiger partial charge in [-0.25, -0.2) is 4.57 Å². The maximum absolute atomic E-state index is 12.3. The molecule has 0 bridgehead atoms. The molecule has 0 aliphatic rings. The van der Waals surface area contributed by atoms with Gasteiger partial charge in [-0.1, -0.05) is 134 Å². The van der Waals surface area contributed by atoms with E-state index in [-0.39, 0.29) is 19.4 Å². The minimum atomic E-state index is -4.74. The fourth-order valence-corrected chi connectivity index (χ4v) is 5.17. The van der Waals surface area contributed by atoms with Crippen LogP contribution < -0.4 is 0 Å². The van der Waals surface area contributed by atoms with Crippen molar-refractivity contribution in [3.05, 3.63) is 24.3 Å². The lowest BCUT2D eigenvalue weighted by Gasteiger charge is -2.18. The van der Waals surface area contributed by atoms with E-state index in [2.05, 4.69) is 42.7 Å². The molecule has 0 unspecified atom stereocenters. The largest absolute Gasteiger partial charge is 0.469 e. The topological polar surface area (TPSA) is 119 Å². The number of ether oxygens (including phenoxy) is 2. The fraction of sp³-hybridized carbons (Fsp3) is 0.829. The van der Waals surface area contributed by atoms with Crippen molar-refractivity contribution in [1.29, 1.82) is 0 Å². The highest BCUT2D eigenvalue weighted by Gasteiger charge is 2.22. The van der Waals surface area contributed by atoms with Crippen LogP contribution in [0.15, 0.2) is 24.3 Å². The molecule has 258 valence electrons. The Bertz CT molecular complexity index is 777. The zero-order valence-corrected chi connectivity index (χ0v) is 29.0. The van der Waals surface area contributed by atoms with Crippen LogP contribution in [0.4, 0.5) is 0 Å². The predicted octanol–water partition coefficient (Wildman–Crippen LogP) is 10.1. The van der Waals surface area contributed by atoms with Crippen molar-refractivity contribution in [3.63, 3.8) is 0 Å². The van der Waals surface area contributed by atoms with Crippen molar-refractivity contribution in [3.8, 4) is 0 Å². The smallest absolute Gasteiger partial charge is 0.462 e. The highest BCUT2D eigenvalue weighted by Crippen LogP contribution is 2.36. The maximum atomic E-state index is 12.3. The molecule has 0 aliphatic carbocycles. The summed E-state index contributed by atoms with van der Waals surface area (Å²) in [4.78, 5) is 42.5. The lowest BCUT2D eigenvalue weighted by molar-refractivity contribution is -0.161. The van der Waals surface area contributed by atoms with Crippen molar-refractivity contribution < 1.29 is 37.9 Å². The lowest BCUT2D eigenvalue weighted by Crippen LogP contribution is -2.29. The molecule has 1 atom stereocenters. The number of phosphoric acid groups is 1. The maximum Gasteiger partial charge on any atom is 0.469 e. The second-order valence-electron chi connectivity index (χ2n) is 11.8. The second kappa shape index (κ2) is 31.5. The van der Waals surface area contributed by atoms with Crippen LogP contribution in [-0.2, 0) is 28.2 Å². The summed E-state index contributed by atoms with van der Waals surface area (Å²) in [6.45, 7) is 3.61. The van der Waals surface area contributed by atoms with Crippen molar-refractivity contribution in [2.75, 3.05) is 13.2 Å². The molecule has 0 saturated heterocycles. The normalized spacial score (nSPS) is 12.7. The molecule has 0 aliphatic heterocycles. The van der Waals surface area contributed by atoms with Gasteiger partial charge in [0.25, 0.3) is 0 Å². The molecule has 0 aromatic heterocycles. The highest BCUT2D eigenvalue weighted by atomic mass is 31.2. The standard InChI is InChI=1S/C35H65O8P/c1-3-5-7-9-11-13-14-15-16-17-18-19-20-22-23-25-27-29-34(36)41-31-33(32-42-44(38,39)40)43-35(37)30-28-26-24-21-12-10-8-6-4-2/h11,13,15-16,33H,3-10,12,14,17-32H2,1-2H3,(H2,38,39,40)/b13-11+,16-15+/t33-/m1/s1. The van der Waals surface area contributed by atoms with Gasteiger partial charge in [-0.2, -0.15) is 0 Å². The zero-order valence-electron chi connectivity index (χ0n) is 28.1. The molecule has 2 N–H and O–H groups in total. The number of hydrogen-bond acceptors (Lipinski definition) is 6. The van der Waals surface area contributed by atoms with Crippen LogP contribution in [0.1, 0.15) is 168 Å². The van der Waals surface area contributed by atoms with Gasteiger partial charge in [0.1, 0.15) is 6.61 Å². The Labute approximate surface area is 269 Å². The van der Waals surface area contributed by atoms with E-state index in [1.165, 1.54) is 77.0 Å².